The molecule has 0 aliphatic heterocycles. The number of hydrogen-bond donors (Lipinski definition) is 2. The molecule has 0 aliphatic carbocycles. The summed E-state index contributed by atoms with van der Waals surface area (Å²) in [5.41, 5.74) is 2.66. The summed E-state index contributed by atoms with van der Waals surface area (Å²) in [7, 11) is -2.04. The molecule has 0 aliphatic rings. The number of benzene rings is 1. The van der Waals surface area contributed by atoms with E-state index in [2.05, 4.69) is 15.0 Å². The zero-order chi connectivity index (χ0) is 15.5. The third-order valence-electron chi connectivity index (χ3n) is 3.29. The van der Waals surface area contributed by atoms with Crippen LogP contribution in [0.3, 0.4) is 0 Å². The number of hydrogen-bond acceptors (Lipinski definition) is 4. The second kappa shape index (κ2) is 6.24. The number of nitrogens with zero attached hydrogens (tertiary/aromatic N) is 1. The largest absolute Gasteiger partial charge is 0.377 e. The Bertz CT molecular complexity index is 715. The van der Waals surface area contributed by atoms with Gasteiger partial charge < -0.3 is 5.32 Å². The summed E-state index contributed by atoms with van der Waals surface area (Å²) >= 11 is 0. The van der Waals surface area contributed by atoms with Gasteiger partial charge in [-0.05, 0) is 50.7 Å². The fourth-order valence-electron chi connectivity index (χ4n) is 1.98. The molecular weight excluding hydrogens is 286 g/mol. The number of nitrogens with one attached hydrogen (secondary N) is 2. The Labute approximate surface area is 125 Å². The van der Waals surface area contributed by atoms with Crippen LogP contribution < -0.4 is 10.0 Å². The molecule has 0 saturated heterocycles. The lowest BCUT2D eigenvalue weighted by atomic mass is 10.1. The van der Waals surface area contributed by atoms with Crippen molar-refractivity contribution >= 4 is 15.7 Å². The van der Waals surface area contributed by atoms with Gasteiger partial charge in [0.2, 0.25) is 10.0 Å². The zero-order valence-electron chi connectivity index (χ0n) is 12.3. The summed E-state index contributed by atoms with van der Waals surface area (Å²) in [5.74, 6) is 0. The van der Waals surface area contributed by atoms with E-state index < -0.39 is 10.0 Å². The minimum atomic E-state index is -3.44. The van der Waals surface area contributed by atoms with E-state index in [0.717, 1.165) is 16.9 Å². The maximum atomic E-state index is 11.9. The van der Waals surface area contributed by atoms with E-state index in [1.54, 1.807) is 24.4 Å². The molecule has 2 rings (SSSR count). The van der Waals surface area contributed by atoms with E-state index in [1.165, 1.54) is 7.05 Å². The van der Waals surface area contributed by atoms with Crippen LogP contribution in [0.4, 0.5) is 5.69 Å². The van der Waals surface area contributed by atoms with Crippen molar-refractivity contribution in [3.05, 3.63) is 53.9 Å². The number of pyridine rings is 1. The van der Waals surface area contributed by atoms with Crippen LogP contribution in [0.5, 0.6) is 0 Å². The Morgan fingerprint density at radius 3 is 2.57 bits per heavy atom. The van der Waals surface area contributed by atoms with Crippen molar-refractivity contribution in [2.45, 2.75) is 24.8 Å². The van der Waals surface area contributed by atoms with E-state index in [4.69, 9.17) is 0 Å². The molecule has 0 bridgehead atoms. The maximum absolute atomic E-state index is 11.9. The minimum Gasteiger partial charge on any atom is -0.377 e. The maximum Gasteiger partial charge on any atom is 0.240 e. The molecule has 0 spiro atoms. The van der Waals surface area contributed by atoms with Crippen molar-refractivity contribution < 1.29 is 8.42 Å². The highest BCUT2D eigenvalue weighted by Crippen LogP contribution is 2.24. The smallest absolute Gasteiger partial charge is 0.240 e. The van der Waals surface area contributed by atoms with Gasteiger partial charge in [-0.25, -0.2) is 13.1 Å². The van der Waals surface area contributed by atoms with E-state index in [1.807, 2.05) is 32.0 Å². The molecule has 0 amide bonds. The van der Waals surface area contributed by atoms with Crippen LogP contribution in [0.1, 0.15) is 24.2 Å². The molecule has 1 aromatic heterocycles. The van der Waals surface area contributed by atoms with Crippen molar-refractivity contribution in [3.8, 4) is 0 Å². The van der Waals surface area contributed by atoms with Gasteiger partial charge >= 0.3 is 0 Å². The molecule has 5 nitrogen and oxygen atoms in total. The summed E-state index contributed by atoms with van der Waals surface area (Å²) in [6, 6.07) is 10.7. The molecule has 21 heavy (non-hydrogen) atoms. The molecule has 0 saturated carbocycles. The molecule has 1 unspecified atom stereocenters. The van der Waals surface area contributed by atoms with Gasteiger partial charge in [0.05, 0.1) is 16.6 Å². The van der Waals surface area contributed by atoms with Crippen LogP contribution in [0.2, 0.25) is 0 Å². The van der Waals surface area contributed by atoms with Crippen molar-refractivity contribution in [2.24, 2.45) is 0 Å². The van der Waals surface area contributed by atoms with Gasteiger partial charge in [0, 0.05) is 11.9 Å². The lowest BCUT2D eigenvalue weighted by Crippen LogP contribution is -2.19. The molecule has 0 radical (unpaired) electrons. The summed E-state index contributed by atoms with van der Waals surface area (Å²) < 4.78 is 26.1. The van der Waals surface area contributed by atoms with Gasteiger partial charge in [0.15, 0.2) is 0 Å². The number of aromatic nitrogens is 1. The third kappa shape index (κ3) is 3.59. The van der Waals surface area contributed by atoms with Gasteiger partial charge in [-0.2, -0.15) is 0 Å². The molecule has 6 heteroatoms. The standard InChI is InChI=1S/C15H19N3O2S/c1-11-7-8-13(21(19,20)16-3)10-15(11)18-12(2)14-6-4-5-9-17-14/h4-10,12,16,18H,1-3H3. The molecular formula is C15H19N3O2S. The highest BCUT2D eigenvalue weighted by atomic mass is 32.2. The SMILES string of the molecule is CNS(=O)(=O)c1ccc(C)c(NC(C)c2ccccn2)c1. The third-order valence-corrected chi connectivity index (χ3v) is 4.70. The molecule has 2 aromatic rings. The van der Waals surface area contributed by atoms with Gasteiger partial charge in [-0.15, -0.1) is 0 Å². The fraction of sp³-hybridized carbons (Fsp3) is 0.267. The van der Waals surface area contributed by atoms with Crippen LogP contribution in [-0.2, 0) is 10.0 Å². The average Bonchev–Trinajstić information content (AvgIpc) is 2.50. The summed E-state index contributed by atoms with van der Waals surface area (Å²) in [6.45, 7) is 3.92. The predicted molar refractivity (Wildman–Crippen MR) is 83.7 cm³/mol. The molecule has 2 N–H and O–H groups in total. The van der Waals surface area contributed by atoms with Crippen molar-refractivity contribution in [3.63, 3.8) is 0 Å². The Hall–Kier alpha value is -1.92. The minimum absolute atomic E-state index is 0.0163. The summed E-state index contributed by atoms with van der Waals surface area (Å²) in [4.78, 5) is 4.54. The van der Waals surface area contributed by atoms with Gasteiger partial charge in [0.25, 0.3) is 0 Å². The van der Waals surface area contributed by atoms with Crippen LogP contribution in [-0.4, -0.2) is 20.4 Å². The Balaban J connectivity index is 2.30. The van der Waals surface area contributed by atoms with Crippen LogP contribution in [0.15, 0.2) is 47.5 Å². The summed E-state index contributed by atoms with van der Waals surface area (Å²) in [5, 5.41) is 3.31. The summed E-state index contributed by atoms with van der Waals surface area (Å²) in [6.07, 6.45) is 1.74. The molecule has 1 aromatic carbocycles. The highest BCUT2D eigenvalue weighted by Gasteiger charge is 2.14. The normalized spacial score (nSPS) is 12.9. The average molecular weight is 305 g/mol. The number of sulfonamides is 1. The van der Waals surface area contributed by atoms with E-state index >= 15 is 0 Å². The predicted octanol–water partition coefficient (Wildman–Crippen LogP) is 2.47. The number of aryl methyl sites for hydroxylation is 1. The van der Waals surface area contributed by atoms with Gasteiger partial charge in [0.1, 0.15) is 0 Å². The first-order chi connectivity index (χ1) is 9.94. The van der Waals surface area contributed by atoms with Crippen LogP contribution in [0.25, 0.3) is 0 Å². The van der Waals surface area contributed by atoms with Gasteiger partial charge in [-0.3, -0.25) is 4.98 Å². The topological polar surface area (TPSA) is 71.1 Å². The first kappa shape index (κ1) is 15.5. The van der Waals surface area contributed by atoms with E-state index in [0.29, 0.717) is 0 Å². The first-order valence-electron chi connectivity index (χ1n) is 6.65. The highest BCUT2D eigenvalue weighted by molar-refractivity contribution is 7.89. The van der Waals surface area contributed by atoms with Gasteiger partial charge in [-0.1, -0.05) is 12.1 Å². The second-order valence-electron chi connectivity index (χ2n) is 4.80. The molecule has 1 heterocycles. The van der Waals surface area contributed by atoms with Crippen LogP contribution >= 0.6 is 0 Å². The Morgan fingerprint density at radius 1 is 1.19 bits per heavy atom. The lowest BCUT2D eigenvalue weighted by Gasteiger charge is -2.17. The first-order valence-corrected chi connectivity index (χ1v) is 8.14. The Morgan fingerprint density at radius 2 is 1.95 bits per heavy atom. The van der Waals surface area contributed by atoms with Crippen molar-refractivity contribution in [2.75, 3.05) is 12.4 Å². The lowest BCUT2D eigenvalue weighted by molar-refractivity contribution is 0.588. The number of rotatable bonds is 5. The molecule has 0 fully saturated rings. The zero-order valence-corrected chi connectivity index (χ0v) is 13.1. The fourth-order valence-corrected chi connectivity index (χ4v) is 2.74. The van der Waals surface area contributed by atoms with E-state index in [9.17, 15) is 8.42 Å². The second-order valence-corrected chi connectivity index (χ2v) is 6.69. The Kier molecular flexibility index (Phi) is 4.59. The monoisotopic (exact) mass is 305 g/mol. The van der Waals surface area contributed by atoms with Crippen LogP contribution in [0, 0.1) is 6.92 Å². The quantitative estimate of drug-likeness (QED) is 0.890. The van der Waals surface area contributed by atoms with Crippen molar-refractivity contribution in [1.82, 2.24) is 9.71 Å². The van der Waals surface area contributed by atoms with E-state index in [-0.39, 0.29) is 10.9 Å². The molecule has 112 valence electrons. The van der Waals surface area contributed by atoms with Crippen molar-refractivity contribution in [1.29, 1.82) is 0 Å². The number of anilines is 1. The molecule has 1 atom stereocenters.